The first kappa shape index (κ1) is 16.7. The number of rotatable bonds is 6. The van der Waals surface area contributed by atoms with Crippen molar-refractivity contribution in [3.05, 3.63) is 35.4 Å². The highest BCUT2D eigenvalue weighted by Crippen LogP contribution is 2.16. The fourth-order valence-electron chi connectivity index (χ4n) is 1.97. The van der Waals surface area contributed by atoms with Crippen LogP contribution >= 0.6 is 0 Å². The van der Waals surface area contributed by atoms with Gasteiger partial charge < -0.3 is 15.7 Å². The molecule has 20 heavy (non-hydrogen) atoms. The summed E-state index contributed by atoms with van der Waals surface area (Å²) >= 11 is 0. The summed E-state index contributed by atoms with van der Waals surface area (Å²) in [6, 6.07) is 7.18. The van der Waals surface area contributed by atoms with Gasteiger partial charge in [0, 0.05) is 6.54 Å². The standard InChI is InChI=1S/C16H26N2O2/c1-5-18(16(20)15(17)11(2)3)10-14(19)13-8-6-12(4)7-9-13/h6-9,11,14-15,19H,5,10,17H2,1-4H3/t14?,15-/m0/s1. The van der Waals surface area contributed by atoms with Gasteiger partial charge in [0.2, 0.25) is 5.91 Å². The van der Waals surface area contributed by atoms with Crippen LogP contribution in [0, 0.1) is 12.8 Å². The van der Waals surface area contributed by atoms with Crippen LogP contribution in [0.2, 0.25) is 0 Å². The summed E-state index contributed by atoms with van der Waals surface area (Å²) in [4.78, 5) is 13.8. The van der Waals surface area contributed by atoms with Gasteiger partial charge in [0.15, 0.2) is 0 Å². The lowest BCUT2D eigenvalue weighted by Gasteiger charge is -2.28. The molecule has 1 aromatic carbocycles. The second-order valence-corrected chi connectivity index (χ2v) is 5.57. The molecule has 0 aliphatic heterocycles. The minimum Gasteiger partial charge on any atom is -0.387 e. The maximum atomic E-state index is 12.2. The highest BCUT2D eigenvalue weighted by Gasteiger charge is 2.24. The summed E-state index contributed by atoms with van der Waals surface area (Å²) in [5.41, 5.74) is 7.86. The molecule has 0 spiro atoms. The van der Waals surface area contributed by atoms with E-state index in [9.17, 15) is 9.90 Å². The molecule has 1 rings (SSSR count). The lowest BCUT2D eigenvalue weighted by molar-refractivity contribution is -0.134. The third-order valence-corrected chi connectivity index (χ3v) is 3.55. The zero-order valence-electron chi connectivity index (χ0n) is 12.8. The van der Waals surface area contributed by atoms with Crippen LogP contribution in [0.5, 0.6) is 0 Å². The molecule has 3 N–H and O–H groups in total. The number of aliphatic hydroxyl groups is 1. The number of nitrogens with two attached hydrogens (primary N) is 1. The number of aliphatic hydroxyl groups excluding tert-OH is 1. The van der Waals surface area contributed by atoms with Crippen LogP contribution in [-0.2, 0) is 4.79 Å². The van der Waals surface area contributed by atoms with Crippen molar-refractivity contribution in [3.63, 3.8) is 0 Å². The van der Waals surface area contributed by atoms with E-state index in [0.29, 0.717) is 6.54 Å². The van der Waals surface area contributed by atoms with Crippen LogP contribution in [-0.4, -0.2) is 35.0 Å². The second kappa shape index (κ2) is 7.41. The average molecular weight is 278 g/mol. The topological polar surface area (TPSA) is 66.6 Å². The van der Waals surface area contributed by atoms with Gasteiger partial charge in [-0.3, -0.25) is 4.79 Å². The number of carbonyl (C=O) groups excluding carboxylic acids is 1. The monoisotopic (exact) mass is 278 g/mol. The van der Waals surface area contributed by atoms with Crippen LogP contribution in [0.15, 0.2) is 24.3 Å². The van der Waals surface area contributed by atoms with E-state index in [2.05, 4.69) is 0 Å². The molecule has 0 bridgehead atoms. The molecule has 0 radical (unpaired) electrons. The molecule has 1 amide bonds. The van der Waals surface area contributed by atoms with Crippen LogP contribution < -0.4 is 5.73 Å². The molecule has 2 atom stereocenters. The van der Waals surface area contributed by atoms with Crippen molar-refractivity contribution in [2.24, 2.45) is 11.7 Å². The summed E-state index contributed by atoms with van der Waals surface area (Å²) < 4.78 is 0. The van der Waals surface area contributed by atoms with Gasteiger partial charge in [-0.15, -0.1) is 0 Å². The smallest absolute Gasteiger partial charge is 0.239 e. The molecule has 0 aliphatic carbocycles. The minimum absolute atomic E-state index is 0.0908. The Bertz CT molecular complexity index is 429. The Morgan fingerprint density at radius 1 is 1.30 bits per heavy atom. The Labute approximate surface area is 121 Å². The van der Waals surface area contributed by atoms with Gasteiger partial charge in [-0.1, -0.05) is 43.7 Å². The quantitative estimate of drug-likeness (QED) is 0.834. The molecule has 0 aromatic heterocycles. The first-order chi connectivity index (χ1) is 9.36. The fraction of sp³-hybridized carbons (Fsp3) is 0.562. The first-order valence-electron chi connectivity index (χ1n) is 7.15. The van der Waals surface area contributed by atoms with Crippen LogP contribution in [0.3, 0.4) is 0 Å². The van der Waals surface area contributed by atoms with Crippen molar-refractivity contribution in [2.75, 3.05) is 13.1 Å². The van der Waals surface area contributed by atoms with Gasteiger partial charge in [-0.25, -0.2) is 0 Å². The Morgan fingerprint density at radius 3 is 2.30 bits per heavy atom. The first-order valence-corrected chi connectivity index (χ1v) is 7.15. The Hall–Kier alpha value is -1.39. The lowest BCUT2D eigenvalue weighted by Crippen LogP contribution is -2.47. The molecule has 112 valence electrons. The molecule has 1 aromatic rings. The van der Waals surface area contributed by atoms with Gasteiger partial charge in [0.25, 0.3) is 0 Å². The van der Waals surface area contributed by atoms with Crippen molar-refractivity contribution < 1.29 is 9.90 Å². The Kier molecular flexibility index (Phi) is 6.17. The normalized spacial score (nSPS) is 14.2. The summed E-state index contributed by atoms with van der Waals surface area (Å²) in [6.07, 6.45) is -0.682. The predicted octanol–water partition coefficient (Wildman–Crippen LogP) is 1.86. The van der Waals surface area contributed by atoms with Crippen LogP contribution in [0.25, 0.3) is 0 Å². The third kappa shape index (κ3) is 4.32. The molecule has 0 aliphatic rings. The van der Waals surface area contributed by atoms with E-state index in [0.717, 1.165) is 11.1 Å². The van der Waals surface area contributed by atoms with E-state index in [1.54, 1.807) is 4.90 Å². The number of carbonyl (C=O) groups is 1. The third-order valence-electron chi connectivity index (χ3n) is 3.55. The van der Waals surface area contributed by atoms with Gasteiger partial charge >= 0.3 is 0 Å². The molecular weight excluding hydrogens is 252 g/mol. The van der Waals surface area contributed by atoms with E-state index < -0.39 is 12.1 Å². The Morgan fingerprint density at radius 2 is 1.85 bits per heavy atom. The minimum atomic E-state index is -0.682. The zero-order valence-corrected chi connectivity index (χ0v) is 12.8. The van der Waals surface area contributed by atoms with Crippen molar-refractivity contribution in [3.8, 4) is 0 Å². The second-order valence-electron chi connectivity index (χ2n) is 5.57. The largest absolute Gasteiger partial charge is 0.387 e. The molecule has 0 heterocycles. The van der Waals surface area contributed by atoms with Crippen LogP contribution in [0.4, 0.5) is 0 Å². The number of hydrogen-bond donors (Lipinski definition) is 2. The summed E-state index contributed by atoms with van der Waals surface area (Å²) in [7, 11) is 0. The number of benzene rings is 1. The van der Waals surface area contributed by atoms with Gasteiger partial charge in [-0.05, 0) is 25.3 Å². The fourth-order valence-corrected chi connectivity index (χ4v) is 1.97. The summed E-state index contributed by atoms with van der Waals surface area (Å²) in [5.74, 6) is -0.0123. The maximum absolute atomic E-state index is 12.2. The molecule has 0 saturated heterocycles. The van der Waals surface area contributed by atoms with E-state index in [1.165, 1.54) is 0 Å². The van der Waals surface area contributed by atoms with Gasteiger partial charge in [-0.2, -0.15) is 0 Å². The highest BCUT2D eigenvalue weighted by molar-refractivity contribution is 5.81. The molecule has 4 nitrogen and oxygen atoms in total. The SMILES string of the molecule is CCN(CC(O)c1ccc(C)cc1)C(=O)[C@@H](N)C(C)C. The number of nitrogens with zero attached hydrogens (tertiary/aromatic N) is 1. The number of likely N-dealkylation sites (N-methyl/N-ethyl adjacent to an activating group) is 1. The average Bonchev–Trinajstić information content (AvgIpc) is 2.43. The van der Waals surface area contributed by atoms with E-state index in [4.69, 9.17) is 5.73 Å². The number of aryl methyl sites for hydroxylation is 1. The maximum Gasteiger partial charge on any atom is 0.239 e. The van der Waals surface area contributed by atoms with Gasteiger partial charge in [0.05, 0.1) is 18.7 Å². The summed E-state index contributed by atoms with van der Waals surface area (Å²) in [5, 5.41) is 10.2. The number of hydrogen-bond acceptors (Lipinski definition) is 3. The van der Waals surface area contributed by atoms with E-state index in [1.807, 2.05) is 52.0 Å². The summed E-state index contributed by atoms with van der Waals surface area (Å²) in [6.45, 7) is 8.56. The molecule has 4 heteroatoms. The van der Waals surface area contributed by atoms with E-state index in [-0.39, 0.29) is 18.4 Å². The van der Waals surface area contributed by atoms with Gasteiger partial charge in [0.1, 0.15) is 0 Å². The zero-order chi connectivity index (χ0) is 15.3. The van der Waals surface area contributed by atoms with Crippen molar-refractivity contribution >= 4 is 5.91 Å². The van der Waals surface area contributed by atoms with Crippen molar-refractivity contribution in [1.29, 1.82) is 0 Å². The Balaban J connectivity index is 2.72. The van der Waals surface area contributed by atoms with Crippen molar-refractivity contribution in [2.45, 2.75) is 39.8 Å². The van der Waals surface area contributed by atoms with Crippen molar-refractivity contribution in [1.82, 2.24) is 4.90 Å². The predicted molar refractivity (Wildman–Crippen MR) is 81.2 cm³/mol. The van der Waals surface area contributed by atoms with E-state index >= 15 is 0 Å². The molecule has 1 unspecified atom stereocenters. The van der Waals surface area contributed by atoms with Crippen LogP contribution in [0.1, 0.15) is 38.0 Å². The highest BCUT2D eigenvalue weighted by atomic mass is 16.3. The molecule has 0 saturated carbocycles. The lowest BCUT2D eigenvalue weighted by atomic mass is 10.0. The molecule has 0 fully saturated rings. The molecular formula is C16H26N2O2. The number of amides is 1.